The van der Waals surface area contributed by atoms with Crippen molar-refractivity contribution in [3.8, 4) is 0 Å². The van der Waals surface area contributed by atoms with Gasteiger partial charge in [0.1, 0.15) is 6.42 Å². The predicted molar refractivity (Wildman–Crippen MR) is 97.3 cm³/mol. The summed E-state index contributed by atoms with van der Waals surface area (Å²) >= 11 is 12.0. The number of carbonyl (C=O) groups excluding carboxylic acids is 1. The summed E-state index contributed by atoms with van der Waals surface area (Å²) in [5.41, 5.74) is -0.568. The van der Waals surface area contributed by atoms with Crippen LogP contribution in [0.4, 0.5) is 18.0 Å². The van der Waals surface area contributed by atoms with Gasteiger partial charge in [0.25, 0.3) is 0 Å². The van der Waals surface area contributed by atoms with E-state index in [-0.39, 0.29) is 29.6 Å². The Labute approximate surface area is 164 Å². The van der Waals surface area contributed by atoms with Crippen molar-refractivity contribution < 1.29 is 27.9 Å². The Bertz CT molecular complexity index is 713. The van der Waals surface area contributed by atoms with Crippen molar-refractivity contribution in [2.75, 3.05) is 20.1 Å². The van der Waals surface area contributed by atoms with Crippen LogP contribution in [0, 0.1) is 0 Å². The SMILES string of the molecule is C=CCC(CNC(=O)O)(CN(C)C(=O)CC(F)(F)F)c1ccc(Cl)c(Cl)c1. The Morgan fingerprint density at radius 3 is 2.41 bits per heavy atom. The van der Waals surface area contributed by atoms with Crippen LogP contribution < -0.4 is 5.32 Å². The number of hydrogen-bond donors (Lipinski definition) is 2. The van der Waals surface area contributed by atoms with Crippen molar-refractivity contribution in [3.05, 3.63) is 46.5 Å². The van der Waals surface area contributed by atoms with Crippen molar-refractivity contribution in [3.63, 3.8) is 0 Å². The lowest BCUT2D eigenvalue weighted by molar-refractivity contribution is -0.161. The van der Waals surface area contributed by atoms with Gasteiger partial charge in [0.05, 0.1) is 10.0 Å². The molecule has 0 aliphatic heterocycles. The lowest BCUT2D eigenvalue weighted by Crippen LogP contribution is -2.49. The van der Waals surface area contributed by atoms with Gasteiger partial charge in [-0.2, -0.15) is 13.2 Å². The van der Waals surface area contributed by atoms with Crippen molar-refractivity contribution in [1.82, 2.24) is 10.2 Å². The molecule has 0 saturated carbocycles. The Morgan fingerprint density at radius 2 is 1.93 bits per heavy atom. The minimum Gasteiger partial charge on any atom is -0.465 e. The van der Waals surface area contributed by atoms with Crippen molar-refractivity contribution in [2.45, 2.75) is 24.4 Å². The number of alkyl halides is 3. The number of nitrogens with zero attached hydrogens (tertiary/aromatic N) is 1. The van der Waals surface area contributed by atoms with E-state index < -0.39 is 30.0 Å². The van der Waals surface area contributed by atoms with Crippen LogP contribution in [0.1, 0.15) is 18.4 Å². The van der Waals surface area contributed by atoms with Crippen LogP contribution >= 0.6 is 23.2 Å². The van der Waals surface area contributed by atoms with Crippen molar-refractivity contribution in [1.29, 1.82) is 0 Å². The smallest absolute Gasteiger partial charge is 0.404 e. The second-order valence-corrected chi connectivity index (χ2v) is 6.92. The standard InChI is InChI=1S/C17H19Cl2F3N2O3/c1-3-6-16(9-23-15(26)27,11-4-5-12(18)13(19)7-11)10-24(2)14(25)8-17(20,21)22/h3-5,7,23H,1,6,8-10H2,2H3,(H,26,27). The van der Waals surface area contributed by atoms with E-state index in [2.05, 4.69) is 11.9 Å². The second kappa shape index (κ2) is 9.32. The normalized spacial score (nSPS) is 13.6. The van der Waals surface area contributed by atoms with E-state index in [1.165, 1.54) is 25.3 Å². The zero-order valence-electron chi connectivity index (χ0n) is 14.4. The zero-order chi connectivity index (χ0) is 20.8. The minimum atomic E-state index is -4.64. The maximum atomic E-state index is 12.5. The molecule has 2 N–H and O–H groups in total. The number of halogens is 5. The molecule has 0 aliphatic carbocycles. The molecule has 0 aliphatic rings. The molecular formula is C17H19Cl2F3N2O3. The van der Waals surface area contributed by atoms with Crippen LogP contribution in [0.2, 0.25) is 10.0 Å². The van der Waals surface area contributed by atoms with Crippen LogP contribution in [0.25, 0.3) is 0 Å². The zero-order valence-corrected chi connectivity index (χ0v) is 16.0. The Kier molecular flexibility index (Phi) is 7.98. The highest BCUT2D eigenvalue weighted by atomic mass is 35.5. The predicted octanol–water partition coefficient (Wildman–Crippen LogP) is 4.49. The Morgan fingerprint density at radius 1 is 1.30 bits per heavy atom. The van der Waals surface area contributed by atoms with Crippen LogP contribution in [-0.4, -0.2) is 48.3 Å². The third-order valence-electron chi connectivity index (χ3n) is 3.96. The first-order valence-corrected chi connectivity index (χ1v) is 8.50. The molecule has 0 radical (unpaired) electrons. The number of amides is 2. The van der Waals surface area contributed by atoms with Gasteiger partial charge in [-0.05, 0) is 24.1 Å². The van der Waals surface area contributed by atoms with Gasteiger partial charge in [0.2, 0.25) is 5.91 Å². The summed E-state index contributed by atoms with van der Waals surface area (Å²) in [4.78, 5) is 23.8. The maximum absolute atomic E-state index is 12.5. The number of carboxylic acid groups (broad SMARTS) is 1. The summed E-state index contributed by atoms with van der Waals surface area (Å²) in [6.45, 7) is 3.27. The number of rotatable bonds is 8. The topological polar surface area (TPSA) is 69.6 Å². The summed E-state index contributed by atoms with van der Waals surface area (Å²) in [6, 6.07) is 4.58. The molecule has 1 aromatic carbocycles. The van der Waals surface area contributed by atoms with Gasteiger partial charge < -0.3 is 15.3 Å². The molecule has 5 nitrogen and oxygen atoms in total. The lowest BCUT2D eigenvalue weighted by atomic mass is 9.76. The highest BCUT2D eigenvalue weighted by molar-refractivity contribution is 6.42. The number of carbonyl (C=O) groups is 2. The van der Waals surface area contributed by atoms with Crippen LogP contribution in [-0.2, 0) is 10.2 Å². The molecule has 1 aromatic rings. The van der Waals surface area contributed by atoms with Gasteiger partial charge in [0, 0.05) is 25.6 Å². The fourth-order valence-electron chi connectivity index (χ4n) is 2.70. The molecule has 0 aromatic heterocycles. The Balaban J connectivity index is 3.29. The minimum absolute atomic E-state index is 0.171. The first-order valence-electron chi connectivity index (χ1n) is 7.74. The van der Waals surface area contributed by atoms with Crippen molar-refractivity contribution >= 4 is 35.2 Å². The van der Waals surface area contributed by atoms with Gasteiger partial charge in [-0.25, -0.2) is 4.79 Å². The summed E-state index contributed by atoms with van der Waals surface area (Å²) in [5, 5.41) is 11.7. The fourth-order valence-corrected chi connectivity index (χ4v) is 3.00. The van der Waals surface area contributed by atoms with E-state index in [1.54, 1.807) is 6.07 Å². The third kappa shape index (κ3) is 6.95. The molecule has 1 atom stereocenters. The number of allylic oxidation sites excluding steroid dienone is 1. The van der Waals surface area contributed by atoms with Crippen LogP contribution in [0.5, 0.6) is 0 Å². The molecule has 0 heterocycles. The van der Waals surface area contributed by atoms with Gasteiger partial charge in [-0.3, -0.25) is 4.79 Å². The summed E-state index contributed by atoms with van der Waals surface area (Å²) in [6.07, 6.45) is -5.90. The van der Waals surface area contributed by atoms with Gasteiger partial charge in [0.15, 0.2) is 0 Å². The van der Waals surface area contributed by atoms with Crippen molar-refractivity contribution in [2.24, 2.45) is 0 Å². The summed E-state index contributed by atoms with van der Waals surface area (Å²) in [7, 11) is 1.23. The first kappa shape index (κ1) is 23.1. The van der Waals surface area contributed by atoms with E-state index in [4.69, 9.17) is 28.3 Å². The second-order valence-electron chi connectivity index (χ2n) is 6.10. The largest absolute Gasteiger partial charge is 0.465 e. The molecular weight excluding hydrogens is 408 g/mol. The maximum Gasteiger partial charge on any atom is 0.404 e. The fraction of sp³-hybridized carbons (Fsp3) is 0.412. The third-order valence-corrected chi connectivity index (χ3v) is 4.70. The summed E-state index contributed by atoms with van der Waals surface area (Å²) < 4.78 is 37.6. The number of hydrogen-bond acceptors (Lipinski definition) is 2. The van der Waals surface area contributed by atoms with E-state index in [0.717, 1.165) is 4.90 Å². The van der Waals surface area contributed by atoms with Crippen LogP contribution in [0.15, 0.2) is 30.9 Å². The van der Waals surface area contributed by atoms with E-state index in [1.807, 2.05) is 0 Å². The molecule has 1 unspecified atom stereocenters. The molecule has 10 heteroatoms. The molecule has 27 heavy (non-hydrogen) atoms. The Hall–Kier alpha value is -1.93. The number of benzene rings is 1. The molecule has 1 rings (SSSR count). The molecule has 0 saturated heterocycles. The molecule has 0 spiro atoms. The average molecular weight is 427 g/mol. The highest BCUT2D eigenvalue weighted by Gasteiger charge is 2.38. The summed E-state index contributed by atoms with van der Waals surface area (Å²) in [5.74, 6) is -1.13. The molecule has 150 valence electrons. The van der Waals surface area contributed by atoms with Crippen LogP contribution in [0.3, 0.4) is 0 Å². The van der Waals surface area contributed by atoms with E-state index >= 15 is 0 Å². The average Bonchev–Trinajstić information content (AvgIpc) is 2.53. The van der Waals surface area contributed by atoms with E-state index in [0.29, 0.717) is 5.56 Å². The first-order chi connectivity index (χ1) is 12.4. The lowest BCUT2D eigenvalue weighted by Gasteiger charge is -2.37. The quantitative estimate of drug-likeness (QED) is 0.601. The molecule has 2 amide bonds. The molecule has 0 bridgehead atoms. The number of nitrogens with one attached hydrogen (secondary N) is 1. The highest BCUT2D eigenvalue weighted by Crippen LogP contribution is 2.34. The van der Waals surface area contributed by atoms with Gasteiger partial charge in [-0.1, -0.05) is 35.3 Å². The monoisotopic (exact) mass is 426 g/mol. The van der Waals surface area contributed by atoms with Gasteiger partial charge >= 0.3 is 12.3 Å². The number of likely N-dealkylation sites (N-methyl/N-ethyl adjacent to an activating group) is 1. The van der Waals surface area contributed by atoms with E-state index in [9.17, 15) is 22.8 Å². The van der Waals surface area contributed by atoms with Gasteiger partial charge in [-0.15, -0.1) is 6.58 Å². The molecule has 0 fully saturated rings.